The summed E-state index contributed by atoms with van der Waals surface area (Å²) in [7, 11) is 5.96. The Kier molecular flexibility index (Phi) is 7.69. The van der Waals surface area contributed by atoms with Gasteiger partial charge in [0.1, 0.15) is 0 Å². The molecular weight excluding hydrogens is 296 g/mol. The lowest BCUT2D eigenvalue weighted by molar-refractivity contribution is 0.297. The van der Waals surface area contributed by atoms with Crippen molar-refractivity contribution in [1.82, 2.24) is 15.5 Å². The summed E-state index contributed by atoms with van der Waals surface area (Å²) in [6.45, 7) is 7.34. The highest BCUT2D eigenvalue weighted by Crippen LogP contribution is 2.19. The number of halogens is 1. The molecule has 1 aromatic carbocycles. The highest BCUT2D eigenvalue weighted by atomic mass is 35.5. The Hall–Kier alpha value is -1.26. The maximum atomic E-state index is 5.97. The third-order valence-electron chi connectivity index (χ3n) is 3.93. The monoisotopic (exact) mass is 324 g/mol. The second kappa shape index (κ2) is 9.01. The van der Waals surface area contributed by atoms with Crippen molar-refractivity contribution in [2.75, 3.05) is 27.7 Å². The van der Waals surface area contributed by atoms with Crippen LogP contribution in [0.3, 0.4) is 0 Å². The molecule has 0 amide bonds. The number of hydrogen-bond acceptors (Lipinski definition) is 2. The number of rotatable bonds is 6. The normalized spacial score (nSPS) is 15.0. The van der Waals surface area contributed by atoms with Gasteiger partial charge in [-0.15, -0.1) is 0 Å². The van der Waals surface area contributed by atoms with Gasteiger partial charge >= 0.3 is 0 Å². The lowest BCUT2D eigenvalue weighted by Gasteiger charge is -2.27. The fourth-order valence-electron chi connectivity index (χ4n) is 2.05. The van der Waals surface area contributed by atoms with Crippen molar-refractivity contribution in [3.05, 3.63) is 34.9 Å². The Morgan fingerprint density at radius 2 is 1.77 bits per heavy atom. The first kappa shape index (κ1) is 18.8. The summed E-state index contributed by atoms with van der Waals surface area (Å²) < 4.78 is 0. The number of hydrogen-bond donors (Lipinski definition) is 2. The van der Waals surface area contributed by atoms with Gasteiger partial charge in [0.05, 0.1) is 6.04 Å². The number of likely N-dealkylation sites (N-methyl/N-ethyl adjacent to an activating group) is 1. The molecule has 2 N–H and O–H groups in total. The highest BCUT2D eigenvalue weighted by molar-refractivity contribution is 6.30. The van der Waals surface area contributed by atoms with E-state index in [9.17, 15) is 0 Å². The van der Waals surface area contributed by atoms with E-state index in [1.165, 1.54) is 5.56 Å². The fraction of sp³-hybridized carbons (Fsp3) is 0.588. The van der Waals surface area contributed by atoms with E-state index < -0.39 is 0 Å². The van der Waals surface area contributed by atoms with Crippen molar-refractivity contribution in [3.63, 3.8) is 0 Å². The molecule has 0 aliphatic heterocycles. The summed E-state index contributed by atoms with van der Waals surface area (Å²) in [6, 6.07) is 8.64. The molecule has 0 saturated heterocycles. The van der Waals surface area contributed by atoms with Gasteiger partial charge in [-0.05, 0) is 44.6 Å². The van der Waals surface area contributed by atoms with Crippen molar-refractivity contribution in [2.45, 2.75) is 32.9 Å². The second-order valence-corrected chi connectivity index (χ2v) is 6.60. The summed E-state index contributed by atoms with van der Waals surface area (Å²) in [5.74, 6) is 1.39. The Bertz CT molecular complexity index is 468. The number of nitrogens with one attached hydrogen (secondary N) is 2. The van der Waals surface area contributed by atoms with Crippen LogP contribution in [0.4, 0.5) is 0 Å². The zero-order valence-electron chi connectivity index (χ0n) is 14.5. The molecule has 1 aromatic rings. The third-order valence-corrected chi connectivity index (χ3v) is 4.18. The van der Waals surface area contributed by atoms with Crippen LogP contribution < -0.4 is 10.6 Å². The standard InChI is InChI=1S/C17H29ClN4/c1-12(2)13(3)21-17(19-4)20-11-16(22(5)6)14-7-9-15(18)10-8-14/h7-10,12-13,16H,11H2,1-6H3,(H2,19,20,21). The Morgan fingerprint density at radius 3 is 2.23 bits per heavy atom. The lowest BCUT2D eigenvalue weighted by atomic mass is 10.1. The Balaban J connectivity index is 2.69. The second-order valence-electron chi connectivity index (χ2n) is 6.16. The minimum atomic E-state index is 0.255. The summed E-state index contributed by atoms with van der Waals surface area (Å²) >= 11 is 5.97. The molecule has 0 fully saturated rings. The van der Waals surface area contributed by atoms with Crippen molar-refractivity contribution in [2.24, 2.45) is 10.9 Å². The van der Waals surface area contributed by atoms with Gasteiger partial charge < -0.3 is 15.5 Å². The van der Waals surface area contributed by atoms with E-state index in [0.717, 1.165) is 17.5 Å². The molecule has 1 rings (SSSR count). The molecule has 5 heteroatoms. The molecule has 0 aliphatic carbocycles. The van der Waals surface area contributed by atoms with E-state index in [1.54, 1.807) is 7.05 Å². The van der Waals surface area contributed by atoms with E-state index in [1.807, 2.05) is 12.1 Å². The van der Waals surface area contributed by atoms with E-state index in [4.69, 9.17) is 11.6 Å². The van der Waals surface area contributed by atoms with E-state index in [0.29, 0.717) is 12.0 Å². The highest BCUT2D eigenvalue weighted by Gasteiger charge is 2.15. The zero-order valence-corrected chi connectivity index (χ0v) is 15.3. The number of aliphatic imine (C=N–C) groups is 1. The SMILES string of the molecule is CN=C(NCC(c1ccc(Cl)cc1)N(C)C)NC(C)C(C)C. The van der Waals surface area contributed by atoms with Crippen molar-refractivity contribution in [1.29, 1.82) is 0 Å². The minimum absolute atomic E-state index is 0.255. The molecule has 124 valence electrons. The quantitative estimate of drug-likeness (QED) is 0.624. The molecule has 0 radical (unpaired) electrons. The average Bonchev–Trinajstić information content (AvgIpc) is 2.47. The minimum Gasteiger partial charge on any atom is -0.354 e. The van der Waals surface area contributed by atoms with Crippen LogP contribution in [0.2, 0.25) is 5.02 Å². The van der Waals surface area contributed by atoms with Crippen molar-refractivity contribution >= 4 is 17.6 Å². The third kappa shape index (κ3) is 5.85. The predicted octanol–water partition coefficient (Wildman–Crippen LogP) is 3.15. The predicted molar refractivity (Wildman–Crippen MR) is 96.7 cm³/mol. The number of nitrogens with zero attached hydrogens (tertiary/aromatic N) is 2. The van der Waals surface area contributed by atoms with Gasteiger partial charge in [0.25, 0.3) is 0 Å². The number of guanidine groups is 1. The van der Waals surface area contributed by atoms with Gasteiger partial charge in [0.2, 0.25) is 0 Å². The summed E-state index contributed by atoms with van der Waals surface area (Å²) in [5.41, 5.74) is 1.23. The van der Waals surface area contributed by atoms with E-state index in [-0.39, 0.29) is 6.04 Å². The summed E-state index contributed by atoms with van der Waals surface area (Å²) in [5, 5.41) is 7.60. The van der Waals surface area contributed by atoms with Gasteiger partial charge in [-0.3, -0.25) is 4.99 Å². The summed E-state index contributed by atoms with van der Waals surface area (Å²) in [6.07, 6.45) is 0. The molecule has 0 spiro atoms. The molecule has 2 unspecified atom stereocenters. The van der Waals surface area contributed by atoms with Crippen LogP contribution >= 0.6 is 11.6 Å². The first-order valence-corrected chi connectivity index (χ1v) is 8.12. The molecule has 0 saturated carbocycles. The van der Waals surface area contributed by atoms with Crippen LogP contribution in [0.25, 0.3) is 0 Å². The first-order valence-electron chi connectivity index (χ1n) is 7.74. The topological polar surface area (TPSA) is 39.7 Å². The fourth-order valence-corrected chi connectivity index (χ4v) is 2.18. The average molecular weight is 325 g/mol. The van der Waals surface area contributed by atoms with Gasteiger partial charge in [-0.25, -0.2) is 0 Å². The lowest BCUT2D eigenvalue weighted by Crippen LogP contribution is -2.46. The molecular formula is C17H29ClN4. The van der Waals surface area contributed by atoms with Crippen LogP contribution in [0, 0.1) is 5.92 Å². The van der Waals surface area contributed by atoms with Crippen molar-refractivity contribution < 1.29 is 0 Å². The smallest absolute Gasteiger partial charge is 0.191 e. The van der Waals surface area contributed by atoms with Crippen LogP contribution in [0.1, 0.15) is 32.4 Å². The molecule has 0 aliphatic rings. The zero-order chi connectivity index (χ0) is 16.7. The van der Waals surface area contributed by atoms with Crippen LogP contribution in [0.5, 0.6) is 0 Å². The maximum absolute atomic E-state index is 5.97. The van der Waals surface area contributed by atoms with Crippen LogP contribution in [0.15, 0.2) is 29.3 Å². The van der Waals surface area contributed by atoms with Gasteiger partial charge in [0.15, 0.2) is 5.96 Å². The van der Waals surface area contributed by atoms with Crippen LogP contribution in [-0.4, -0.2) is 44.6 Å². The van der Waals surface area contributed by atoms with E-state index in [2.05, 4.69) is 67.5 Å². The van der Waals surface area contributed by atoms with Gasteiger partial charge in [-0.2, -0.15) is 0 Å². The molecule has 2 atom stereocenters. The summed E-state index contributed by atoms with van der Waals surface area (Å²) in [4.78, 5) is 6.49. The number of benzene rings is 1. The first-order chi connectivity index (χ1) is 10.3. The van der Waals surface area contributed by atoms with E-state index >= 15 is 0 Å². The molecule has 0 heterocycles. The van der Waals surface area contributed by atoms with Gasteiger partial charge in [-0.1, -0.05) is 37.6 Å². The van der Waals surface area contributed by atoms with Gasteiger partial charge in [0, 0.05) is 24.7 Å². The Labute approximate surface area is 140 Å². The molecule has 0 aromatic heterocycles. The van der Waals surface area contributed by atoms with Crippen LogP contribution in [-0.2, 0) is 0 Å². The largest absolute Gasteiger partial charge is 0.354 e. The Morgan fingerprint density at radius 1 is 1.18 bits per heavy atom. The van der Waals surface area contributed by atoms with Crippen molar-refractivity contribution in [3.8, 4) is 0 Å². The molecule has 0 bridgehead atoms. The molecule has 22 heavy (non-hydrogen) atoms. The maximum Gasteiger partial charge on any atom is 0.191 e. The molecule has 4 nitrogen and oxygen atoms in total.